The standard InChI is InChI=1S/C15H25N3O/c1-12-7-8-14(19-6)13(11-12)9-10-16-15(17(2)3)18(4)5/h7-8,11H,9-10H2,1-6H3. The van der Waals surface area contributed by atoms with Gasteiger partial charge >= 0.3 is 0 Å². The van der Waals surface area contributed by atoms with E-state index in [2.05, 4.69) is 24.0 Å². The normalized spacial score (nSPS) is 10.0. The fourth-order valence-electron chi connectivity index (χ4n) is 2.06. The molecule has 0 fully saturated rings. The number of nitrogens with zero attached hydrogens (tertiary/aromatic N) is 3. The molecule has 0 aliphatic rings. The summed E-state index contributed by atoms with van der Waals surface area (Å²) in [5, 5.41) is 0. The molecular weight excluding hydrogens is 238 g/mol. The van der Waals surface area contributed by atoms with Crippen molar-refractivity contribution in [2.24, 2.45) is 4.99 Å². The largest absolute Gasteiger partial charge is 0.496 e. The monoisotopic (exact) mass is 263 g/mol. The number of benzene rings is 1. The molecule has 0 aliphatic heterocycles. The van der Waals surface area contributed by atoms with Crippen LogP contribution in [0, 0.1) is 6.92 Å². The van der Waals surface area contributed by atoms with E-state index in [0.717, 1.165) is 24.7 Å². The minimum Gasteiger partial charge on any atom is -0.496 e. The number of ether oxygens (including phenoxy) is 1. The van der Waals surface area contributed by atoms with Crippen LogP contribution in [0.25, 0.3) is 0 Å². The van der Waals surface area contributed by atoms with Gasteiger partial charge in [0.25, 0.3) is 0 Å². The van der Waals surface area contributed by atoms with E-state index in [9.17, 15) is 0 Å². The van der Waals surface area contributed by atoms with Crippen LogP contribution in [0.5, 0.6) is 5.75 Å². The van der Waals surface area contributed by atoms with Crippen LogP contribution in [0.1, 0.15) is 11.1 Å². The molecular formula is C15H25N3O. The Morgan fingerprint density at radius 1 is 1.16 bits per heavy atom. The van der Waals surface area contributed by atoms with Crippen molar-refractivity contribution in [1.82, 2.24) is 9.80 Å². The molecule has 0 spiro atoms. The van der Waals surface area contributed by atoms with Crippen molar-refractivity contribution in [3.63, 3.8) is 0 Å². The van der Waals surface area contributed by atoms with Crippen molar-refractivity contribution in [3.8, 4) is 5.75 Å². The van der Waals surface area contributed by atoms with Crippen LogP contribution in [0.3, 0.4) is 0 Å². The molecule has 0 atom stereocenters. The molecule has 1 rings (SSSR count). The number of guanidine groups is 1. The molecule has 1 aromatic rings. The molecule has 1 aromatic carbocycles. The average Bonchev–Trinajstić information content (AvgIpc) is 2.33. The second-order valence-electron chi connectivity index (χ2n) is 5.04. The van der Waals surface area contributed by atoms with Crippen LogP contribution in [-0.2, 0) is 6.42 Å². The molecule has 0 saturated heterocycles. The van der Waals surface area contributed by atoms with E-state index in [4.69, 9.17) is 4.74 Å². The highest BCUT2D eigenvalue weighted by molar-refractivity contribution is 5.79. The summed E-state index contributed by atoms with van der Waals surface area (Å²) in [6.07, 6.45) is 0.885. The van der Waals surface area contributed by atoms with E-state index < -0.39 is 0 Å². The third-order valence-corrected chi connectivity index (χ3v) is 2.87. The van der Waals surface area contributed by atoms with Crippen LogP contribution < -0.4 is 4.74 Å². The minimum atomic E-state index is 0.755. The Labute approximate surface area is 116 Å². The van der Waals surface area contributed by atoms with Crippen molar-refractivity contribution in [1.29, 1.82) is 0 Å². The van der Waals surface area contributed by atoms with Gasteiger partial charge in [-0.3, -0.25) is 4.99 Å². The fourth-order valence-corrected chi connectivity index (χ4v) is 2.06. The lowest BCUT2D eigenvalue weighted by Gasteiger charge is -2.22. The van der Waals surface area contributed by atoms with Crippen molar-refractivity contribution in [2.75, 3.05) is 41.8 Å². The number of hydrogen-bond donors (Lipinski definition) is 0. The summed E-state index contributed by atoms with van der Waals surface area (Å²) < 4.78 is 5.38. The Balaban J connectivity index is 2.76. The van der Waals surface area contributed by atoms with Crippen LogP contribution in [0.15, 0.2) is 23.2 Å². The highest BCUT2D eigenvalue weighted by atomic mass is 16.5. The molecule has 0 saturated carbocycles. The van der Waals surface area contributed by atoms with Gasteiger partial charge in [0.15, 0.2) is 5.96 Å². The smallest absolute Gasteiger partial charge is 0.195 e. The number of aliphatic imine (C=N–C) groups is 1. The Morgan fingerprint density at radius 2 is 1.79 bits per heavy atom. The first-order chi connectivity index (χ1) is 8.95. The molecule has 4 nitrogen and oxygen atoms in total. The summed E-state index contributed by atoms with van der Waals surface area (Å²) in [5.74, 6) is 1.92. The van der Waals surface area contributed by atoms with E-state index in [1.807, 2.05) is 44.1 Å². The lowest BCUT2D eigenvalue weighted by molar-refractivity contribution is 0.409. The highest BCUT2D eigenvalue weighted by Gasteiger charge is 2.05. The van der Waals surface area contributed by atoms with Gasteiger partial charge in [-0.05, 0) is 25.0 Å². The second kappa shape index (κ2) is 7.02. The quantitative estimate of drug-likeness (QED) is 0.614. The predicted molar refractivity (Wildman–Crippen MR) is 81.1 cm³/mol. The first-order valence-electron chi connectivity index (χ1n) is 6.48. The molecule has 0 N–H and O–H groups in total. The van der Waals surface area contributed by atoms with Crippen molar-refractivity contribution < 1.29 is 4.74 Å². The number of hydrogen-bond acceptors (Lipinski definition) is 2. The second-order valence-corrected chi connectivity index (χ2v) is 5.04. The summed E-state index contributed by atoms with van der Waals surface area (Å²) in [5.41, 5.74) is 2.46. The molecule has 0 aromatic heterocycles. The Kier molecular flexibility index (Phi) is 5.67. The number of rotatable bonds is 4. The van der Waals surface area contributed by atoms with Gasteiger partial charge in [0.2, 0.25) is 0 Å². The van der Waals surface area contributed by atoms with E-state index in [1.165, 1.54) is 11.1 Å². The number of methoxy groups -OCH3 is 1. The molecule has 0 radical (unpaired) electrons. The molecule has 19 heavy (non-hydrogen) atoms. The zero-order valence-corrected chi connectivity index (χ0v) is 12.9. The van der Waals surface area contributed by atoms with Crippen molar-refractivity contribution in [2.45, 2.75) is 13.3 Å². The summed E-state index contributed by atoms with van der Waals surface area (Å²) in [6, 6.07) is 6.25. The zero-order valence-electron chi connectivity index (χ0n) is 12.9. The van der Waals surface area contributed by atoms with Gasteiger partial charge in [0.1, 0.15) is 5.75 Å². The maximum atomic E-state index is 5.38. The van der Waals surface area contributed by atoms with Crippen LogP contribution in [0.4, 0.5) is 0 Å². The fraction of sp³-hybridized carbons (Fsp3) is 0.533. The van der Waals surface area contributed by atoms with E-state index >= 15 is 0 Å². The zero-order chi connectivity index (χ0) is 14.4. The van der Waals surface area contributed by atoms with E-state index in [-0.39, 0.29) is 0 Å². The molecule has 4 heteroatoms. The Hall–Kier alpha value is -1.71. The van der Waals surface area contributed by atoms with Gasteiger partial charge < -0.3 is 14.5 Å². The summed E-state index contributed by atoms with van der Waals surface area (Å²) >= 11 is 0. The van der Waals surface area contributed by atoms with Gasteiger partial charge in [-0.15, -0.1) is 0 Å². The first-order valence-corrected chi connectivity index (χ1v) is 6.48. The molecule has 0 aliphatic carbocycles. The third kappa shape index (κ3) is 4.47. The van der Waals surface area contributed by atoms with E-state index in [1.54, 1.807) is 7.11 Å². The van der Waals surface area contributed by atoms with Crippen molar-refractivity contribution >= 4 is 5.96 Å². The SMILES string of the molecule is COc1ccc(C)cc1CCN=C(N(C)C)N(C)C. The molecule has 106 valence electrons. The van der Waals surface area contributed by atoms with Gasteiger partial charge in [-0.2, -0.15) is 0 Å². The molecule has 0 heterocycles. The summed E-state index contributed by atoms with van der Waals surface area (Å²) in [6.45, 7) is 2.85. The van der Waals surface area contributed by atoms with Crippen LogP contribution in [0.2, 0.25) is 0 Å². The first kappa shape index (κ1) is 15.3. The lowest BCUT2D eigenvalue weighted by Crippen LogP contribution is -2.35. The summed E-state index contributed by atoms with van der Waals surface area (Å²) in [4.78, 5) is 8.68. The van der Waals surface area contributed by atoms with Crippen molar-refractivity contribution in [3.05, 3.63) is 29.3 Å². The van der Waals surface area contributed by atoms with Crippen LogP contribution in [-0.4, -0.2) is 57.6 Å². The Bertz CT molecular complexity index is 429. The van der Waals surface area contributed by atoms with Gasteiger partial charge in [-0.1, -0.05) is 17.7 Å². The van der Waals surface area contributed by atoms with Gasteiger partial charge in [-0.25, -0.2) is 0 Å². The molecule has 0 unspecified atom stereocenters. The van der Waals surface area contributed by atoms with Gasteiger partial charge in [0.05, 0.1) is 7.11 Å². The van der Waals surface area contributed by atoms with Crippen LogP contribution >= 0.6 is 0 Å². The Morgan fingerprint density at radius 3 is 2.32 bits per heavy atom. The maximum absolute atomic E-state index is 5.38. The molecule has 0 bridgehead atoms. The van der Waals surface area contributed by atoms with E-state index in [0.29, 0.717) is 0 Å². The number of aryl methyl sites for hydroxylation is 1. The topological polar surface area (TPSA) is 28.1 Å². The average molecular weight is 263 g/mol. The van der Waals surface area contributed by atoms with Gasteiger partial charge in [0, 0.05) is 34.7 Å². The molecule has 0 amide bonds. The highest BCUT2D eigenvalue weighted by Crippen LogP contribution is 2.20. The third-order valence-electron chi connectivity index (χ3n) is 2.87. The maximum Gasteiger partial charge on any atom is 0.195 e. The predicted octanol–water partition coefficient (Wildman–Crippen LogP) is 2.03. The minimum absolute atomic E-state index is 0.755. The lowest BCUT2D eigenvalue weighted by atomic mass is 10.1. The summed E-state index contributed by atoms with van der Waals surface area (Å²) in [7, 11) is 9.73.